The van der Waals surface area contributed by atoms with Crippen LogP contribution in [0.5, 0.6) is 0 Å². The fraction of sp³-hybridized carbons (Fsp3) is 0.130. The molecule has 288 valence electrons. The number of aromatic nitrogens is 5. The molecule has 0 saturated carbocycles. The van der Waals surface area contributed by atoms with Gasteiger partial charge in [-0.15, -0.1) is 0 Å². The van der Waals surface area contributed by atoms with Crippen LogP contribution in [0.1, 0.15) is 49.8 Å². The molecule has 0 bridgehead atoms. The van der Waals surface area contributed by atoms with Gasteiger partial charge in [-0.2, -0.15) is 0 Å². The van der Waals surface area contributed by atoms with E-state index in [1.165, 1.54) is 44.1 Å². The van der Waals surface area contributed by atoms with Gasteiger partial charge in [-0.05, 0) is 97.8 Å². The van der Waals surface area contributed by atoms with Crippen LogP contribution in [-0.4, -0.2) is 24.1 Å². The van der Waals surface area contributed by atoms with Gasteiger partial charge in [-0.25, -0.2) is 15.0 Å². The molecule has 3 heterocycles. The Morgan fingerprint density at radius 3 is 2.08 bits per heavy atom. The second-order valence-corrected chi connectivity index (χ2v) is 15.2. The second-order valence-electron chi connectivity index (χ2n) is 15.2. The molecule has 0 unspecified atom stereocenters. The average molecular weight is 766 g/mol. The third-order valence-corrected chi connectivity index (χ3v) is 11.6. The van der Waals surface area contributed by atoms with Crippen molar-refractivity contribution in [3.05, 3.63) is 180 Å². The molecule has 5 nitrogen and oxygen atoms in total. The molecule has 0 saturated heterocycles. The number of benzene rings is 6. The van der Waals surface area contributed by atoms with Crippen LogP contribution >= 0.6 is 0 Å². The molecule has 0 aliphatic heterocycles. The lowest BCUT2D eigenvalue weighted by Crippen LogP contribution is -2.05. The highest BCUT2D eigenvalue weighted by molar-refractivity contribution is 6.11. The molecular formula is C54H47N5. The Hall–Kier alpha value is -7.11. The van der Waals surface area contributed by atoms with E-state index in [4.69, 9.17) is 15.0 Å². The maximum absolute atomic E-state index is 5.18. The Morgan fingerprint density at radius 2 is 1.32 bits per heavy atom. The molecule has 0 amide bonds. The number of rotatable bonds is 9. The van der Waals surface area contributed by atoms with E-state index < -0.39 is 0 Å². The molecule has 0 fully saturated rings. The van der Waals surface area contributed by atoms with Crippen molar-refractivity contribution < 1.29 is 0 Å². The highest BCUT2D eigenvalue weighted by atomic mass is 15.0. The van der Waals surface area contributed by atoms with Crippen molar-refractivity contribution in [2.24, 2.45) is 7.05 Å². The third kappa shape index (κ3) is 6.59. The summed E-state index contributed by atoms with van der Waals surface area (Å²) in [5.41, 5.74) is 15.8. The summed E-state index contributed by atoms with van der Waals surface area (Å²) in [7, 11) is 2.19. The van der Waals surface area contributed by atoms with Gasteiger partial charge in [0.05, 0.1) is 16.6 Å². The van der Waals surface area contributed by atoms with E-state index in [2.05, 4.69) is 177 Å². The van der Waals surface area contributed by atoms with Crippen LogP contribution in [-0.2, 0) is 7.05 Å². The first-order valence-electron chi connectivity index (χ1n) is 20.5. The number of nitrogens with zero attached hydrogens (tertiary/aromatic N) is 5. The monoisotopic (exact) mass is 765 g/mol. The fourth-order valence-corrected chi connectivity index (χ4v) is 8.62. The van der Waals surface area contributed by atoms with Crippen molar-refractivity contribution in [3.63, 3.8) is 0 Å². The zero-order valence-corrected chi connectivity index (χ0v) is 34.5. The molecule has 9 aromatic rings. The molecule has 0 atom stereocenters. The summed E-state index contributed by atoms with van der Waals surface area (Å²) in [5, 5.41) is 3.72. The topological polar surface area (TPSA) is 48.5 Å². The molecule has 0 spiro atoms. The summed E-state index contributed by atoms with van der Waals surface area (Å²) in [6, 6.07) is 47.7. The van der Waals surface area contributed by atoms with E-state index in [0.717, 1.165) is 56.5 Å². The molecule has 59 heavy (non-hydrogen) atoms. The summed E-state index contributed by atoms with van der Waals surface area (Å²) >= 11 is 0. The van der Waals surface area contributed by atoms with E-state index in [1.807, 2.05) is 37.3 Å². The molecule has 3 aromatic heterocycles. The van der Waals surface area contributed by atoms with Gasteiger partial charge in [0.1, 0.15) is 0 Å². The Balaban J connectivity index is 1.30. The zero-order chi connectivity index (χ0) is 40.6. The van der Waals surface area contributed by atoms with Crippen LogP contribution in [0.3, 0.4) is 0 Å². The maximum Gasteiger partial charge on any atom is 0.164 e. The van der Waals surface area contributed by atoms with Crippen molar-refractivity contribution in [2.45, 2.75) is 41.0 Å². The van der Waals surface area contributed by atoms with Gasteiger partial charge >= 0.3 is 0 Å². The average Bonchev–Trinajstić information content (AvgIpc) is 3.74. The lowest BCUT2D eigenvalue weighted by Gasteiger charge is -2.19. The minimum absolute atomic E-state index is 0.638. The predicted octanol–water partition coefficient (Wildman–Crippen LogP) is 14.1. The first-order valence-corrected chi connectivity index (χ1v) is 20.5. The summed E-state index contributed by atoms with van der Waals surface area (Å²) in [4.78, 5) is 15.3. The zero-order valence-electron chi connectivity index (χ0n) is 34.5. The van der Waals surface area contributed by atoms with Crippen LogP contribution in [0.4, 0.5) is 0 Å². The van der Waals surface area contributed by atoms with E-state index in [9.17, 15) is 0 Å². The van der Waals surface area contributed by atoms with Gasteiger partial charge in [0.25, 0.3) is 0 Å². The minimum Gasteiger partial charge on any atom is -0.343 e. The minimum atomic E-state index is 0.638. The number of fused-ring (bicyclic) bond motifs is 4. The Labute approximate surface area is 346 Å². The van der Waals surface area contributed by atoms with Crippen molar-refractivity contribution in [1.82, 2.24) is 24.1 Å². The first kappa shape index (κ1) is 37.5. The standard InChI is InChI=1S/C54H47N5/c1-7-9-20-35(3)52-55-53(39-23-15-12-16-24-39)57-54(56-52)45-32-33-47(37(5)50(45)38-21-13-11-14-22-38)59-48-29-18-17-25-43(48)44-31-30-40(34-49(44)59)42-27-19-26-41-36(4)46(28-10-8-2)58(6)51(41)42/h7,9-34H,8H2,1-6H3/b9-7-,28-10-,35-20+. The van der Waals surface area contributed by atoms with Crippen molar-refractivity contribution in [1.29, 1.82) is 0 Å². The van der Waals surface area contributed by atoms with E-state index in [1.54, 1.807) is 0 Å². The first-order chi connectivity index (χ1) is 28.9. The Kier molecular flexibility index (Phi) is 9.95. The van der Waals surface area contributed by atoms with Gasteiger partial charge in [0.15, 0.2) is 17.5 Å². The van der Waals surface area contributed by atoms with Crippen molar-refractivity contribution >= 4 is 44.4 Å². The van der Waals surface area contributed by atoms with Crippen LogP contribution in [0, 0.1) is 13.8 Å². The lowest BCUT2D eigenvalue weighted by atomic mass is 9.93. The summed E-state index contributed by atoms with van der Waals surface area (Å²) in [6.45, 7) is 10.7. The molecule has 6 aromatic carbocycles. The van der Waals surface area contributed by atoms with Gasteiger partial charge < -0.3 is 9.13 Å². The smallest absolute Gasteiger partial charge is 0.164 e. The molecule has 0 radical (unpaired) electrons. The molecule has 0 aliphatic rings. The largest absolute Gasteiger partial charge is 0.343 e. The van der Waals surface area contributed by atoms with Crippen LogP contribution in [0.2, 0.25) is 0 Å². The quantitative estimate of drug-likeness (QED) is 0.138. The molecular weight excluding hydrogens is 719 g/mol. The number of hydrogen-bond donors (Lipinski definition) is 0. The molecule has 0 aliphatic carbocycles. The Bertz CT molecular complexity index is 3120. The van der Waals surface area contributed by atoms with Crippen molar-refractivity contribution in [2.75, 3.05) is 0 Å². The highest BCUT2D eigenvalue weighted by Crippen LogP contribution is 2.42. The lowest BCUT2D eigenvalue weighted by molar-refractivity contribution is 0.948. The van der Waals surface area contributed by atoms with E-state index in [0.29, 0.717) is 17.5 Å². The summed E-state index contributed by atoms with van der Waals surface area (Å²) in [5.74, 6) is 1.94. The van der Waals surface area contributed by atoms with E-state index in [-0.39, 0.29) is 0 Å². The number of aryl methyl sites for hydroxylation is 2. The van der Waals surface area contributed by atoms with Crippen molar-refractivity contribution in [3.8, 4) is 50.7 Å². The van der Waals surface area contributed by atoms with Gasteiger partial charge in [0, 0.05) is 51.3 Å². The van der Waals surface area contributed by atoms with Gasteiger partial charge in [0.2, 0.25) is 0 Å². The summed E-state index contributed by atoms with van der Waals surface area (Å²) < 4.78 is 4.80. The number of hydrogen-bond acceptors (Lipinski definition) is 3. The Morgan fingerprint density at radius 1 is 0.627 bits per heavy atom. The number of para-hydroxylation sites is 2. The second kappa shape index (κ2) is 15.7. The molecule has 9 rings (SSSR count). The fourth-order valence-electron chi connectivity index (χ4n) is 8.62. The van der Waals surface area contributed by atoms with Crippen LogP contribution in [0.15, 0.2) is 158 Å². The normalized spacial score (nSPS) is 12.3. The third-order valence-electron chi connectivity index (χ3n) is 11.6. The van der Waals surface area contributed by atoms with Gasteiger partial charge in [-0.3, -0.25) is 0 Å². The predicted molar refractivity (Wildman–Crippen MR) is 250 cm³/mol. The maximum atomic E-state index is 5.18. The SMILES string of the molecule is C/C=C\C=C(/C)c1nc(-c2ccccc2)nc(-c2ccc(-n3c4ccccc4c4ccc(-c5cccc6c(C)c(/C=C\CC)n(C)c56)cc43)c(C)c2-c2ccccc2)n1. The van der Waals surface area contributed by atoms with E-state index >= 15 is 0 Å². The molecule has 5 heteroatoms. The van der Waals surface area contributed by atoms with Crippen LogP contribution in [0.25, 0.3) is 95.1 Å². The summed E-state index contributed by atoms with van der Waals surface area (Å²) in [6.07, 6.45) is 11.6. The highest BCUT2D eigenvalue weighted by Gasteiger charge is 2.22. The molecule has 0 N–H and O–H groups in total. The van der Waals surface area contributed by atoms with Gasteiger partial charge in [-0.1, -0.05) is 140 Å². The number of allylic oxidation sites excluding steroid dienone is 5. The van der Waals surface area contributed by atoms with Crippen LogP contribution < -0.4 is 0 Å².